The number of hydrogen-bond donors (Lipinski definition) is 2. The van der Waals surface area contributed by atoms with Crippen LogP contribution in [0.1, 0.15) is 58.2 Å². The zero-order chi connectivity index (χ0) is 19.5. The van der Waals surface area contributed by atoms with E-state index in [9.17, 15) is 14.7 Å². The third-order valence-electron chi connectivity index (χ3n) is 4.54. The quantitative estimate of drug-likeness (QED) is 0.811. The summed E-state index contributed by atoms with van der Waals surface area (Å²) >= 11 is 0. The zero-order valence-corrected chi connectivity index (χ0v) is 16.3. The molecule has 0 aromatic heterocycles. The molecule has 1 aromatic rings. The lowest BCUT2D eigenvalue weighted by atomic mass is 9.85. The van der Waals surface area contributed by atoms with Crippen LogP contribution in [-0.2, 0) is 16.0 Å². The minimum atomic E-state index is -0.880. The van der Waals surface area contributed by atoms with E-state index in [1.54, 1.807) is 4.90 Å². The molecule has 1 aromatic carbocycles. The molecule has 1 atom stereocenters. The summed E-state index contributed by atoms with van der Waals surface area (Å²) in [6.45, 7) is 10.2. The number of amides is 1. The molecule has 1 amide bonds. The molecule has 0 spiro atoms. The highest BCUT2D eigenvalue weighted by Crippen LogP contribution is 2.30. The summed E-state index contributed by atoms with van der Waals surface area (Å²) in [4.78, 5) is 25.1. The monoisotopic (exact) mass is 362 g/mol. The maximum absolute atomic E-state index is 12.2. The number of aliphatic carboxylic acids is 1. The SMILES string of the molecule is CCc1ccc(C(C)NC2(CC(=O)O)CN(C(=O)OC(C)(C)C)C2)cc1. The largest absolute Gasteiger partial charge is 0.481 e. The number of hydrogen-bond acceptors (Lipinski definition) is 4. The molecule has 1 aliphatic rings. The van der Waals surface area contributed by atoms with Crippen LogP contribution >= 0.6 is 0 Å². The van der Waals surface area contributed by atoms with E-state index in [-0.39, 0.29) is 12.5 Å². The Morgan fingerprint density at radius 2 is 1.85 bits per heavy atom. The molecule has 0 radical (unpaired) electrons. The van der Waals surface area contributed by atoms with E-state index < -0.39 is 23.2 Å². The zero-order valence-electron chi connectivity index (χ0n) is 16.3. The smallest absolute Gasteiger partial charge is 0.410 e. The minimum absolute atomic E-state index is 0.0129. The molecule has 6 nitrogen and oxygen atoms in total. The number of nitrogens with one attached hydrogen (secondary N) is 1. The molecular formula is C20H30N2O4. The van der Waals surface area contributed by atoms with Crippen LogP contribution in [-0.4, -0.2) is 46.3 Å². The molecule has 2 N–H and O–H groups in total. The van der Waals surface area contributed by atoms with E-state index >= 15 is 0 Å². The van der Waals surface area contributed by atoms with Crippen molar-refractivity contribution in [2.45, 2.75) is 64.6 Å². The molecule has 6 heteroatoms. The van der Waals surface area contributed by atoms with E-state index in [0.29, 0.717) is 13.1 Å². The van der Waals surface area contributed by atoms with Crippen molar-refractivity contribution >= 4 is 12.1 Å². The van der Waals surface area contributed by atoms with Crippen LogP contribution in [0.5, 0.6) is 0 Å². The predicted octanol–water partition coefficient (Wildman–Crippen LogP) is 3.36. The average Bonchev–Trinajstić information content (AvgIpc) is 2.49. The van der Waals surface area contributed by atoms with Crippen molar-refractivity contribution in [2.24, 2.45) is 0 Å². The van der Waals surface area contributed by atoms with E-state index in [2.05, 4.69) is 36.5 Å². The van der Waals surface area contributed by atoms with Crippen molar-refractivity contribution in [3.8, 4) is 0 Å². The highest BCUT2D eigenvalue weighted by atomic mass is 16.6. The third kappa shape index (κ3) is 5.21. The van der Waals surface area contributed by atoms with Gasteiger partial charge in [0.1, 0.15) is 5.60 Å². The number of carboxylic acids is 1. The molecule has 2 rings (SSSR count). The number of aryl methyl sites for hydroxylation is 1. The summed E-state index contributed by atoms with van der Waals surface area (Å²) in [5, 5.41) is 12.7. The average molecular weight is 362 g/mol. The lowest BCUT2D eigenvalue weighted by molar-refractivity contribution is -0.141. The second-order valence-electron chi connectivity index (χ2n) is 8.15. The number of likely N-dealkylation sites (tertiary alicyclic amines) is 1. The number of benzene rings is 1. The summed E-state index contributed by atoms with van der Waals surface area (Å²) in [5.41, 5.74) is 1.17. The van der Waals surface area contributed by atoms with Crippen molar-refractivity contribution < 1.29 is 19.4 Å². The Kier molecular flexibility index (Phi) is 5.96. The van der Waals surface area contributed by atoms with Gasteiger partial charge in [-0.25, -0.2) is 4.79 Å². The number of carbonyl (C=O) groups excluding carboxylic acids is 1. The van der Waals surface area contributed by atoms with E-state index in [4.69, 9.17) is 4.74 Å². The van der Waals surface area contributed by atoms with Crippen molar-refractivity contribution in [3.63, 3.8) is 0 Å². The van der Waals surface area contributed by atoms with Crippen LogP contribution in [0.15, 0.2) is 24.3 Å². The van der Waals surface area contributed by atoms with Crippen molar-refractivity contribution in [3.05, 3.63) is 35.4 Å². The fourth-order valence-electron chi connectivity index (χ4n) is 3.27. The van der Waals surface area contributed by atoms with E-state index in [1.807, 2.05) is 27.7 Å². The number of nitrogens with zero attached hydrogens (tertiary/aromatic N) is 1. The predicted molar refractivity (Wildman–Crippen MR) is 100 cm³/mol. The first-order valence-corrected chi connectivity index (χ1v) is 9.10. The van der Waals surface area contributed by atoms with Crippen molar-refractivity contribution in [1.29, 1.82) is 0 Å². The Bertz CT molecular complexity index is 643. The number of carbonyl (C=O) groups is 2. The van der Waals surface area contributed by atoms with Crippen molar-refractivity contribution in [2.75, 3.05) is 13.1 Å². The third-order valence-corrected chi connectivity index (χ3v) is 4.54. The fourth-order valence-corrected chi connectivity index (χ4v) is 3.27. The van der Waals surface area contributed by atoms with Crippen LogP contribution in [0.2, 0.25) is 0 Å². The molecule has 1 aliphatic heterocycles. The van der Waals surface area contributed by atoms with Gasteiger partial charge in [0, 0.05) is 19.1 Å². The lowest BCUT2D eigenvalue weighted by Gasteiger charge is -2.51. The van der Waals surface area contributed by atoms with Crippen molar-refractivity contribution in [1.82, 2.24) is 10.2 Å². The van der Waals surface area contributed by atoms with Gasteiger partial charge in [-0.2, -0.15) is 0 Å². The molecular weight excluding hydrogens is 332 g/mol. The summed E-state index contributed by atoms with van der Waals surface area (Å²) < 4.78 is 5.37. The van der Waals surface area contributed by atoms with Gasteiger partial charge in [0.05, 0.1) is 12.0 Å². The minimum Gasteiger partial charge on any atom is -0.481 e. The van der Waals surface area contributed by atoms with Gasteiger partial charge in [-0.1, -0.05) is 31.2 Å². The second-order valence-corrected chi connectivity index (χ2v) is 8.15. The summed E-state index contributed by atoms with van der Waals surface area (Å²) in [6.07, 6.45) is 0.541. The molecule has 1 unspecified atom stereocenters. The van der Waals surface area contributed by atoms with Crippen LogP contribution in [0.4, 0.5) is 4.79 Å². The van der Waals surface area contributed by atoms with Gasteiger partial charge >= 0.3 is 12.1 Å². The highest BCUT2D eigenvalue weighted by molar-refractivity contribution is 5.73. The Morgan fingerprint density at radius 3 is 2.31 bits per heavy atom. The first kappa shape index (κ1) is 20.2. The summed E-state index contributed by atoms with van der Waals surface area (Å²) in [7, 11) is 0. The fraction of sp³-hybridized carbons (Fsp3) is 0.600. The van der Waals surface area contributed by atoms with Gasteiger partial charge in [-0.15, -0.1) is 0 Å². The lowest BCUT2D eigenvalue weighted by Crippen LogP contribution is -2.71. The first-order chi connectivity index (χ1) is 12.0. The van der Waals surface area contributed by atoms with Crippen LogP contribution in [0.25, 0.3) is 0 Å². The maximum atomic E-state index is 12.2. The van der Waals surface area contributed by atoms with E-state index in [0.717, 1.165) is 12.0 Å². The molecule has 144 valence electrons. The molecule has 1 saturated heterocycles. The highest BCUT2D eigenvalue weighted by Gasteiger charge is 2.48. The van der Waals surface area contributed by atoms with Gasteiger partial charge in [0.25, 0.3) is 0 Å². The number of carboxylic acid groups (broad SMARTS) is 1. The molecule has 0 saturated carbocycles. The normalized spacial score (nSPS) is 17.3. The second kappa shape index (κ2) is 7.66. The van der Waals surface area contributed by atoms with Gasteiger partial charge in [-0.3, -0.25) is 4.79 Å². The Hall–Kier alpha value is -2.08. The Labute approximate surface area is 155 Å². The van der Waals surface area contributed by atoms with E-state index in [1.165, 1.54) is 5.56 Å². The molecule has 1 heterocycles. The van der Waals surface area contributed by atoms with Crippen LogP contribution in [0.3, 0.4) is 0 Å². The van der Waals surface area contributed by atoms with Crippen LogP contribution in [0, 0.1) is 0 Å². The Morgan fingerprint density at radius 1 is 1.27 bits per heavy atom. The Balaban J connectivity index is 2.04. The number of ether oxygens (including phenoxy) is 1. The van der Waals surface area contributed by atoms with Crippen LogP contribution < -0.4 is 5.32 Å². The standard InChI is InChI=1S/C20H30N2O4/c1-6-15-7-9-16(10-8-15)14(2)21-20(11-17(23)24)12-22(13-20)18(25)26-19(3,4)5/h7-10,14,21H,6,11-13H2,1-5H3,(H,23,24). The summed E-state index contributed by atoms with van der Waals surface area (Å²) in [6, 6.07) is 8.29. The van der Waals surface area contributed by atoms with Gasteiger partial charge in [-0.05, 0) is 45.2 Å². The van der Waals surface area contributed by atoms with Gasteiger partial charge in [0.2, 0.25) is 0 Å². The molecule has 0 aliphatic carbocycles. The molecule has 0 bridgehead atoms. The molecule has 1 fully saturated rings. The first-order valence-electron chi connectivity index (χ1n) is 9.10. The number of rotatable bonds is 6. The summed E-state index contributed by atoms with van der Waals surface area (Å²) in [5.74, 6) is -0.880. The van der Waals surface area contributed by atoms with Gasteiger partial charge in [0.15, 0.2) is 0 Å². The molecule has 26 heavy (non-hydrogen) atoms. The topological polar surface area (TPSA) is 78.9 Å². The van der Waals surface area contributed by atoms with Gasteiger partial charge < -0.3 is 20.1 Å². The maximum Gasteiger partial charge on any atom is 0.410 e.